The van der Waals surface area contributed by atoms with Crippen molar-refractivity contribution in [1.82, 2.24) is 0 Å². The summed E-state index contributed by atoms with van der Waals surface area (Å²) in [6.07, 6.45) is 1.61. The second-order valence-corrected chi connectivity index (χ2v) is 3.86. The van der Waals surface area contributed by atoms with Crippen molar-refractivity contribution in [2.75, 3.05) is 11.9 Å². The fraction of sp³-hybridized carbons (Fsp3) is 0.214. The van der Waals surface area contributed by atoms with Crippen molar-refractivity contribution in [2.24, 2.45) is 0 Å². The van der Waals surface area contributed by atoms with Gasteiger partial charge in [-0.25, -0.2) is 4.79 Å². The van der Waals surface area contributed by atoms with Crippen molar-refractivity contribution in [3.05, 3.63) is 35.9 Å². The van der Waals surface area contributed by atoms with Gasteiger partial charge in [-0.1, -0.05) is 0 Å². The first-order valence-electron chi connectivity index (χ1n) is 5.93. The Bertz CT molecular complexity index is 563. The second kappa shape index (κ2) is 7.08. The molecule has 2 N–H and O–H groups in total. The molecule has 0 aromatic heterocycles. The van der Waals surface area contributed by atoms with Gasteiger partial charge in [-0.05, 0) is 32.0 Å². The molecule has 0 heterocycles. The number of ether oxygens (including phenoxy) is 1. The summed E-state index contributed by atoms with van der Waals surface area (Å²) in [5, 5.41) is 10.9. The van der Waals surface area contributed by atoms with Crippen LogP contribution in [0.15, 0.2) is 30.4 Å². The van der Waals surface area contributed by atoms with Gasteiger partial charge in [0.05, 0.1) is 12.3 Å². The van der Waals surface area contributed by atoms with E-state index in [4.69, 9.17) is 9.84 Å². The van der Waals surface area contributed by atoms with Crippen LogP contribution in [0.1, 0.15) is 24.2 Å². The van der Waals surface area contributed by atoms with Crippen LogP contribution in [0.4, 0.5) is 5.69 Å². The number of hydrogen-bond acceptors (Lipinski definition) is 4. The first kappa shape index (κ1) is 15.4. The van der Waals surface area contributed by atoms with Gasteiger partial charge in [-0.2, -0.15) is 0 Å². The Morgan fingerprint density at radius 1 is 1.30 bits per heavy atom. The van der Waals surface area contributed by atoms with Crippen molar-refractivity contribution < 1.29 is 24.2 Å². The van der Waals surface area contributed by atoms with E-state index in [0.29, 0.717) is 23.6 Å². The highest BCUT2D eigenvalue weighted by Gasteiger charge is 2.09. The van der Waals surface area contributed by atoms with E-state index in [-0.39, 0.29) is 5.78 Å². The minimum atomic E-state index is -1.22. The highest BCUT2D eigenvalue weighted by Crippen LogP contribution is 2.26. The van der Waals surface area contributed by atoms with E-state index < -0.39 is 11.9 Å². The number of Topliss-reactive ketones (excluding diaryl/α,β-unsaturated/α-hetero) is 1. The fourth-order valence-electron chi connectivity index (χ4n) is 1.45. The fourth-order valence-corrected chi connectivity index (χ4v) is 1.45. The Morgan fingerprint density at radius 3 is 2.55 bits per heavy atom. The van der Waals surface area contributed by atoms with Crippen LogP contribution in [-0.4, -0.2) is 29.4 Å². The number of carboxylic acids is 1. The Morgan fingerprint density at radius 2 is 2.00 bits per heavy atom. The molecule has 0 atom stereocenters. The van der Waals surface area contributed by atoms with Crippen molar-refractivity contribution >= 4 is 23.3 Å². The van der Waals surface area contributed by atoms with Crippen molar-refractivity contribution in [3.8, 4) is 5.75 Å². The van der Waals surface area contributed by atoms with Gasteiger partial charge < -0.3 is 15.2 Å². The number of anilines is 1. The minimum Gasteiger partial charge on any atom is -0.492 e. The number of benzene rings is 1. The molecule has 0 aliphatic heterocycles. The van der Waals surface area contributed by atoms with Gasteiger partial charge in [0.2, 0.25) is 5.91 Å². The maximum atomic E-state index is 11.6. The predicted octanol–water partition coefficient (Wildman–Crippen LogP) is 1.87. The number of carbonyl (C=O) groups is 3. The highest BCUT2D eigenvalue weighted by atomic mass is 16.5. The average molecular weight is 277 g/mol. The molecule has 20 heavy (non-hydrogen) atoms. The Balaban J connectivity index is 3.00. The zero-order valence-corrected chi connectivity index (χ0v) is 11.2. The van der Waals surface area contributed by atoms with Crippen LogP contribution in [-0.2, 0) is 9.59 Å². The summed E-state index contributed by atoms with van der Waals surface area (Å²) in [6, 6.07) is 4.66. The largest absolute Gasteiger partial charge is 0.492 e. The van der Waals surface area contributed by atoms with Gasteiger partial charge in [0, 0.05) is 17.7 Å². The summed E-state index contributed by atoms with van der Waals surface area (Å²) in [5.74, 6) is -1.57. The standard InChI is InChI=1S/C14H15NO5/c1-3-20-12-5-4-10(9(2)16)8-11(12)15-13(17)6-7-14(18)19/h4-8H,3H2,1-2H3,(H,15,17)(H,18,19)/b7-6+. The third kappa shape index (κ3) is 4.56. The summed E-state index contributed by atoms with van der Waals surface area (Å²) in [7, 11) is 0. The van der Waals surface area contributed by atoms with Crippen LogP contribution < -0.4 is 10.1 Å². The molecule has 1 amide bonds. The molecule has 0 unspecified atom stereocenters. The molecule has 0 radical (unpaired) electrons. The molecular weight excluding hydrogens is 262 g/mol. The number of carbonyl (C=O) groups excluding carboxylic acids is 2. The molecule has 1 aromatic carbocycles. The molecule has 0 spiro atoms. The molecule has 6 heteroatoms. The van der Waals surface area contributed by atoms with Gasteiger partial charge in [0.1, 0.15) is 5.75 Å². The monoisotopic (exact) mass is 277 g/mol. The van der Waals surface area contributed by atoms with Gasteiger partial charge in [-0.3, -0.25) is 9.59 Å². The van der Waals surface area contributed by atoms with E-state index in [2.05, 4.69) is 5.32 Å². The lowest BCUT2D eigenvalue weighted by atomic mass is 10.1. The maximum absolute atomic E-state index is 11.6. The third-order valence-corrected chi connectivity index (χ3v) is 2.32. The predicted molar refractivity (Wildman–Crippen MR) is 73.0 cm³/mol. The Labute approximate surface area is 116 Å². The topological polar surface area (TPSA) is 92.7 Å². The first-order valence-corrected chi connectivity index (χ1v) is 5.93. The third-order valence-electron chi connectivity index (χ3n) is 2.32. The Kier molecular flexibility index (Phi) is 5.46. The number of hydrogen-bond donors (Lipinski definition) is 2. The lowest BCUT2D eigenvalue weighted by Crippen LogP contribution is -2.11. The average Bonchev–Trinajstić information content (AvgIpc) is 2.38. The summed E-state index contributed by atoms with van der Waals surface area (Å²) in [4.78, 5) is 33.2. The van der Waals surface area contributed by atoms with Gasteiger partial charge in [-0.15, -0.1) is 0 Å². The zero-order valence-electron chi connectivity index (χ0n) is 11.2. The van der Waals surface area contributed by atoms with E-state index in [9.17, 15) is 14.4 Å². The molecule has 0 bridgehead atoms. The first-order chi connectivity index (χ1) is 9.43. The highest BCUT2D eigenvalue weighted by molar-refractivity contribution is 6.04. The van der Waals surface area contributed by atoms with Crippen molar-refractivity contribution in [2.45, 2.75) is 13.8 Å². The summed E-state index contributed by atoms with van der Waals surface area (Å²) >= 11 is 0. The molecule has 1 aromatic rings. The zero-order chi connectivity index (χ0) is 15.1. The lowest BCUT2D eigenvalue weighted by molar-refractivity contribution is -0.131. The van der Waals surface area contributed by atoms with Gasteiger partial charge >= 0.3 is 5.97 Å². The molecule has 0 aliphatic carbocycles. The van der Waals surface area contributed by atoms with E-state index >= 15 is 0 Å². The number of nitrogens with one attached hydrogen (secondary N) is 1. The Hall–Kier alpha value is -2.63. The maximum Gasteiger partial charge on any atom is 0.328 e. The van der Waals surface area contributed by atoms with Gasteiger partial charge in [0.15, 0.2) is 5.78 Å². The van der Waals surface area contributed by atoms with Crippen LogP contribution in [0.5, 0.6) is 5.75 Å². The summed E-state index contributed by atoms with van der Waals surface area (Å²) < 4.78 is 5.33. The van der Waals surface area contributed by atoms with Crippen LogP contribution in [0, 0.1) is 0 Å². The summed E-state index contributed by atoms with van der Waals surface area (Å²) in [5.41, 5.74) is 0.741. The number of ketones is 1. The SMILES string of the molecule is CCOc1ccc(C(C)=O)cc1NC(=O)/C=C/C(=O)O. The van der Waals surface area contributed by atoms with Crippen LogP contribution in [0.3, 0.4) is 0 Å². The number of aliphatic carboxylic acids is 1. The molecule has 1 rings (SSSR count). The molecule has 0 saturated heterocycles. The molecule has 0 fully saturated rings. The van der Waals surface area contributed by atoms with Crippen LogP contribution in [0.25, 0.3) is 0 Å². The molecule has 0 aliphatic rings. The van der Waals surface area contributed by atoms with Crippen LogP contribution in [0.2, 0.25) is 0 Å². The molecule has 0 saturated carbocycles. The van der Waals surface area contributed by atoms with Crippen LogP contribution >= 0.6 is 0 Å². The minimum absolute atomic E-state index is 0.148. The van der Waals surface area contributed by atoms with Gasteiger partial charge in [0.25, 0.3) is 0 Å². The number of carboxylic acid groups (broad SMARTS) is 1. The van der Waals surface area contributed by atoms with Crippen molar-refractivity contribution in [1.29, 1.82) is 0 Å². The van der Waals surface area contributed by atoms with E-state index in [0.717, 1.165) is 12.2 Å². The van der Waals surface area contributed by atoms with Crippen molar-refractivity contribution in [3.63, 3.8) is 0 Å². The molecule has 106 valence electrons. The smallest absolute Gasteiger partial charge is 0.328 e. The quantitative estimate of drug-likeness (QED) is 0.611. The number of rotatable bonds is 6. The molecule has 6 nitrogen and oxygen atoms in total. The lowest BCUT2D eigenvalue weighted by Gasteiger charge is -2.11. The normalized spacial score (nSPS) is 10.3. The second-order valence-electron chi connectivity index (χ2n) is 3.86. The van der Waals surface area contributed by atoms with E-state index in [1.165, 1.54) is 13.0 Å². The van der Waals surface area contributed by atoms with E-state index in [1.54, 1.807) is 19.1 Å². The molecular formula is C14H15NO5. The number of amides is 1. The van der Waals surface area contributed by atoms with E-state index in [1.807, 2.05) is 0 Å². The summed E-state index contributed by atoms with van der Waals surface area (Å²) in [6.45, 7) is 3.59.